The van der Waals surface area contributed by atoms with Crippen LogP contribution in [0.3, 0.4) is 0 Å². The van der Waals surface area contributed by atoms with Gasteiger partial charge >= 0.3 is 5.97 Å². The molecule has 1 aromatic carbocycles. The number of fused-ring (bicyclic) bond motifs is 1. The second kappa shape index (κ2) is 7.57. The Bertz CT molecular complexity index is 1150. The van der Waals surface area contributed by atoms with Gasteiger partial charge in [0.05, 0.1) is 37.4 Å². The number of methoxy groups -OCH3 is 2. The minimum absolute atomic E-state index is 0.265. The molecule has 142 valence electrons. The average Bonchev–Trinajstić information content (AvgIpc) is 3.35. The molecule has 0 aliphatic rings. The highest BCUT2D eigenvalue weighted by Crippen LogP contribution is 2.28. The molecule has 0 saturated carbocycles. The van der Waals surface area contributed by atoms with Gasteiger partial charge in [0, 0.05) is 5.38 Å². The fourth-order valence-electron chi connectivity index (χ4n) is 2.71. The van der Waals surface area contributed by atoms with E-state index in [1.165, 1.54) is 18.4 Å². The molecule has 0 N–H and O–H groups in total. The SMILES string of the molecule is COC(=O)c1csc(-c2nc(Cl)c3nn(Cc4ccc(OC)cc4)cc3n2)c1. The van der Waals surface area contributed by atoms with Gasteiger partial charge in [-0.05, 0) is 23.8 Å². The number of halogens is 1. The average molecular weight is 415 g/mol. The number of aromatic nitrogens is 4. The Hall–Kier alpha value is -2.97. The molecule has 0 amide bonds. The van der Waals surface area contributed by atoms with Crippen molar-refractivity contribution in [3.8, 4) is 16.5 Å². The fraction of sp³-hybridized carbons (Fsp3) is 0.158. The van der Waals surface area contributed by atoms with Crippen molar-refractivity contribution in [2.45, 2.75) is 6.54 Å². The van der Waals surface area contributed by atoms with E-state index < -0.39 is 5.97 Å². The van der Waals surface area contributed by atoms with Gasteiger partial charge in [-0.2, -0.15) is 5.10 Å². The van der Waals surface area contributed by atoms with Crippen molar-refractivity contribution in [1.82, 2.24) is 19.7 Å². The quantitative estimate of drug-likeness (QED) is 0.362. The van der Waals surface area contributed by atoms with Crippen LogP contribution >= 0.6 is 22.9 Å². The standard InChI is InChI=1S/C19H15ClN4O3S/c1-26-13-5-3-11(4-6-13)8-24-9-14-16(23-24)17(20)22-18(21-14)15-7-12(10-28-15)19(25)27-2/h3-7,9-10H,8H2,1-2H3. The lowest BCUT2D eigenvalue weighted by Crippen LogP contribution is -1.99. The van der Waals surface area contributed by atoms with Gasteiger partial charge in [0.1, 0.15) is 16.8 Å². The Morgan fingerprint density at radius 1 is 1.21 bits per heavy atom. The smallest absolute Gasteiger partial charge is 0.338 e. The highest BCUT2D eigenvalue weighted by molar-refractivity contribution is 7.13. The van der Waals surface area contributed by atoms with Crippen molar-refractivity contribution in [1.29, 1.82) is 0 Å². The Balaban J connectivity index is 1.65. The molecule has 28 heavy (non-hydrogen) atoms. The van der Waals surface area contributed by atoms with E-state index in [0.29, 0.717) is 29.0 Å². The van der Waals surface area contributed by atoms with Crippen LogP contribution in [-0.4, -0.2) is 39.9 Å². The summed E-state index contributed by atoms with van der Waals surface area (Å²) in [6.07, 6.45) is 1.82. The molecule has 0 atom stereocenters. The van der Waals surface area contributed by atoms with Crippen molar-refractivity contribution in [2.75, 3.05) is 14.2 Å². The van der Waals surface area contributed by atoms with Crippen LogP contribution in [0.1, 0.15) is 15.9 Å². The van der Waals surface area contributed by atoms with Crippen LogP contribution in [0.15, 0.2) is 41.9 Å². The lowest BCUT2D eigenvalue weighted by Gasteiger charge is -2.03. The molecule has 0 radical (unpaired) electrons. The lowest BCUT2D eigenvalue weighted by atomic mass is 10.2. The summed E-state index contributed by atoms with van der Waals surface area (Å²) < 4.78 is 11.7. The zero-order valence-corrected chi connectivity index (χ0v) is 16.6. The van der Waals surface area contributed by atoms with E-state index in [0.717, 1.165) is 16.2 Å². The van der Waals surface area contributed by atoms with Gasteiger partial charge in [-0.15, -0.1) is 11.3 Å². The first-order valence-electron chi connectivity index (χ1n) is 8.28. The third kappa shape index (κ3) is 3.56. The molecule has 7 nitrogen and oxygen atoms in total. The molecule has 4 rings (SSSR count). The van der Waals surface area contributed by atoms with E-state index >= 15 is 0 Å². The van der Waals surface area contributed by atoms with Gasteiger partial charge in [-0.3, -0.25) is 4.68 Å². The van der Waals surface area contributed by atoms with E-state index in [1.807, 2.05) is 30.5 Å². The van der Waals surface area contributed by atoms with Crippen molar-refractivity contribution in [3.05, 3.63) is 58.2 Å². The number of benzene rings is 1. The molecule has 0 spiro atoms. The number of carbonyl (C=O) groups excluding carboxylic acids is 1. The zero-order chi connectivity index (χ0) is 19.7. The van der Waals surface area contributed by atoms with Crippen LogP contribution in [-0.2, 0) is 11.3 Å². The molecule has 0 unspecified atom stereocenters. The van der Waals surface area contributed by atoms with Crippen LogP contribution in [0.5, 0.6) is 5.75 Å². The minimum Gasteiger partial charge on any atom is -0.497 e. The van der Waals surface area contributed by atoms with E-state index in [2.05, 4.69) is 15.1 Å². The summed E-state index contributed by atoms with van der Waals surface area (Å²) in [4.78, 5) is 21.3. The van der Waals surface area contributed by atoms with Crippen LogP contribution in [0.2, 0.25) is 5.15 Å². The Morgan fingerprint density at radius 3 is 2.71 bits per heavy atom. The number of hydrogen-bond acceptors (Lipinski definition) is 7. The Morgan fingerprint density at radius 2 is 2.00 bits per heavy atom. The van der Waals surface area contributed by atoms with E-state index in [4.69, 9.17) is 21.1 Å². The third-order valence-corrected chi connectivity index (χ3v) is 5.30. The van der Waals surface area contributed by atoms with Gasteiger partial charge in [-0.1, -0.05) is 23.7 Å². The molecule has 4 aromatic rings. The van der Waals surface area contributed by atoms with Gasteiger partial charge in [0.2, 0.25) is 0 Å². The maximum atomic E-state index is 11.7. The zero-order valence-electron chi connectivity index (χ0n) is 15.0. The summed E-state index contributed by atoms with van der Waals surface area (Å²) in [5.41, 5.74) is 2.69. The van der Waals surface area contributed by atoms with Gasteiger partial charge < -0.3 is 9.47 Å². The molecule has 3 heterocycles. The Labute approximate surface area is 169 Å². The first kappa shape index (κ1) is 18.4. The van der Waals surface area contributed by atoms with Crippen LogP contribution in [0, 0.1) is 0 Å². The predicted octanol–water partition coefficient (Wildman–Crippen LogP) is 4.05. The summed E-state index contributed by atoms with van der Waals surface area (Å²) in [6.45, 7) is 0.567. The van der Waals surface area contributed by atoms with Crippen molar-refractivity contribution in [2.24, 2.45) is 0 Å². The number of nitrogens with zero attached hydrogens (tertiary/aromatic N) is 4. The van der Waals surface area contributed by atoms with Crippen molar-refractivity contribution in [3.63, 3.8) is 0 Å². The topological polar surface area (TPSA) is 79.1 Å². The number of ether oxygens (including phenoxy) is 2. The Kier molecular flexibility index (Phi) is 4.97. The molecule has 0 aliphatic heterocycles. The van der Waals surface area contributed by atoms with E-state index in [9.17, 15) is 4.79 Å². The lowest BCUT2D eigenvalue weighted by molar-refractivity contribution is 0.0601. The maximum Gasteiger partial charge on any atom is 0.338 e. The number of esters is 1. The monoisotopic (exact) mass is 414 g/mol. The van der Waals surface area contributed by atoms with Crippen molar-refractivity contribution < 1.29 is 14.3 Å². The molecular weight excluding hydrogens is 400 g/mol. The minimum atomic E-state index is -0.401. The largest absolute Gasteiger partial charge is 0.497 e. The van der Waals surface area contributed by atoms with Crippen LogP contribution < -0.4 is 4.74 Å². The molecule has 9 heteroatoms. The number of rotatable bonds is 5. The van der Waals surface area contributed by atoms with Crippen LogP contribution in [0.4, 0.5) is 0 Å². The molecule has 0 aliphatic carbocycles. The highest BCUT2D eigenvalue weighted by atomic mass is 35.5. The van der Waals surface area contributed by atoms with Gasteiger partial charge in [-0.25, -0.2) is 14.8 Å². The summed E-state index contributed by atoms with van der Waals surface area (Å²) in [5, 5.41) is 6.46. The van der Waals surface area contributed by atoms with E-state index in [1.54, 1.807) is 23.2 Å². The molecular formula is C19H15ClN4O3S. The molecule has 0 bridgehead atoms. The maximum absolute atomic E-state index is 11.7. The predicted molar refractivity (Wildman–Crippen MR) is 107 cm³/mol. The molecule has 0 saturated heterocycles. The first-order valence-corrected chi connectivity index (χ1v) is 9.54. The first-order chi connectivity index (χ1) is 13.6. The second-order valence-electron chi connectivity index (χ2n) is 5.94. The normalized spacial score (nSPS) is 11.0. The van der Waals surface area contributed by atoms with E-state index in [-0.39, 0.29) is 5.15 Å². The fourth-order valence-corrected chi connectivity index (χ4v) is 3.74. The summed E-state index contributed by atoms with van der Waals surface area (Å²) in [5.74, 6) is 0.846. The number of hydrogen-bond donors (Lipinski definition) is 0. The summed E-state index contributed by atoms with van der Waals surface area (Å²) in [7, 11) is 2.98. The van der Waals surface area contributed by atoms with Gasteiger partial charge in [0.15, 0.2) is 11.0 Å². The van der Waals surface area contributed by atoms with Gasteiger partial charge in [0.25, 0.3) is 0 Å². The number of thiophene rings is 1. The summed E-state index contributed by atoms with van der Waals surface area (Å²) >= 11 is 7.69. The second-order valence-corrected chi connectivity index (χ2v) is 7.21. The molecule has 3 aromatic heterocycles. The van der Waals surface area contributed by atoms with Crippen LogP contribution in [0.25, 0.3) is 21.7 Å². The third-order valence-electron chi connectivity index (χ3n) is 4.11. The van der Waals surface area contributed by atoms with Crippen molar-refractivity contribution >= 4 is 39.9 Å². The number of carbonyl (C=O) groups is 1. The molecule has 0 fully saturated rings. The highest BCUT2D eigenvalue weighted by Gasteiger charge is 2.15. The summed E-state index contributed by atoms with van der Waals surface area (Å²) in [6, 6.07) is 9.45.